The number of thiazole rings is 1. The molecule has 136 valence electrons. The Bertz CT molecular complexity index is 945. The second-order valence-electron chi connectivity index (χ2n) is 5.60. The predicted molar refractivity (Wildman–Crippen MR) is 108 cm³/mol. The molecule has 0 aliphatic rings. The Morgan fingerprint density at radius 3 is 2.59 bits per heavy atom. The molecule has 0 spiro atoms. The second-order valence-corrected chi connectivity index (χ2v) is 7.71. The highest BCUT2D eigenvalue weighted by Gasteiger charge is 2.07. The van der Waals surface area contributed by atoms with Crippen molar-refractivity contribution < 1.29 is 9.53 Å². The van der Waals surface area contributed by atoms with Crippen LogP contribution in [0.5, 0.6) is 5.75 Å². The van der Waals surface area contributed by atoms with Gasteiger partial charge in [-0.15, -0.1) is 23.1 Å². The van der Waals surface area contributed by atoms with Gasteiger partial charge in [0.15, 0.2) is 6.61 Å². The van der Waals surface area contributed by atoms with E-state index in [-0.39, 0.29) is 12.5 Å². The molecule has 0 aliphatic heterocycles. The number of hydrogen-bond donors (Lipinski definition) is 1. The van der Waals surface area contributed by atoms with Gasteiger partial charge in [0.1, 0.15) is 11.8 Å². The third kappa shape index (κ3) is 5.58. The van der Waals surface area contributed by atoms with Crippen LogP contribution < -0.4 is 10.1 Å². The van der Waals surface area contributed by atoms with Gasteiger partial charge in [-0.3, -0.25) is 4.79 Å². The van der Waals surface area contributed by atoms with Crippen LogP contribution in [-0.4, -0.2) is 17.5 Å². The van der Waals surface area contributed by atoms with E-state index < -0.39 is 0 Å². The molecule has 1 heterocycles. The summed E-state index contributed by atoms with van der Waals surface area (Å²) in [7, 11) is 0. The average Bonchev–Trinajstić information content (AvgIpc) is 3.11. The van der Waals surface area contributed by atoms with E-state index >= 15 is 0 Å². The Hall–Kier alpha value is -2.82. The normalized spacial score (nSPS) is 10.2. The molecule has 27 heavy (non-hydrogen) atoms. The monoisotopic (exact) mass is 395 g/mol. The lowest BCUT2D eigenvalue weighted by atomic mass is 10.2. The number of nitrogens with one attached hydrogen (secondary N) is 1. The predicted octanol–water partition coefficient (Wildman–Crippen LogP) is 4.90. The lowest BCUT2D eigenvalue weighted by Crippen LogP contribution is -2.11. The molecule has 5 nitrogen and oxygen atoms in total. The molecule has 0 saturated carbocycles. The van der Waals surface area contributed by atoms with Gasteiger partial charge in [0.05, 0.1) is 10.7 Å². The summed E-state index contributed by atoms with van der Waals surface area (Å²) in [6.07, 6.45) is 0. The van der Waals surface area contributed by atoms with E-state index in [1.165, 1.54) is 0 Å². The van der Waals surface area contributed by atoms with Crippen molar-refractivity contribution in [1.82, 2.24) is 4.98 Å². The average molecular weight is 396 g/mol. The number of nitrogens with zero attached hydrogens (tertiary/aromatic N) is 2. The second kappa shape index (κ2) is 9.21. The number of rotatable bonds is 7. The van der Waals surface area contributed by atoms with Gasteiger partial charge in [-0.1, -0.05) is 0 Å². The van der Waals surface area contributed by atoms with Crippen LogP contribution in [-0.2, 0) is 5.75 Å². The number of thioether (sulfide) groups is 1. The smallest absolute Gasteiger partial charge is 0.255 e. The van der Waals surface area contributed by atoms with Gasteiger partial charge in [0.25, 0.3) is 5.91 Å². The van der Waals surface area contributed by atoms with E-state index in [9.17, 15) is 4.79 Å². The number of anilines is 1. The highest BCUT2D eigenvalue weighted by molar-refractivity contribution is 7.98. The summed E-state index contributed by atoms with van der Waals surface area (Å²) < 4.78 is 5.19. The maximum Gasteiger partial charge on any atom is 0.255 e. The van der Waals surface area contributed by atoms with E-state index in [2.05, 4.69) is 15.7 Å². The van der Waals surface area contributed by atoms with Crippen molar-refractivity contribution in [2.75, 3.05) is 11.9 Å². The number of aromatic nitrogens is 1. The Morgan fingerprint density at radius 1 is 1.22 bits per heavy atom. The molecule has 0 saturated heterocycles. The minimum absolute atomic E-state index is 0.00184. The summed E-state index contributed by atoms with van der Waals surface area (Å²) in [4.78, 5) is 17.9. The first kappa shape index (κ1) is 19.0. The SMILES string of the molecule is Cc1nc(CSc2ccc(C(=O)Nc3ccc(OCC#N)cc3)cc2)cs1. The number of aryl methyl sites for hydroxylation is 1. The van der Waals surface area contributed by atoms with Crippen molar-refractivity contribution >= 4 is 34.7 Å². The maximum absolute atomic E-state index is 12.4. The highest BCUT2D eigenvalue weighted by Crippen LogP contribution is 2.24. The summed E-state index contributed by atoms with van der Waals surface area (Å²) in [5.74, 6) is 1.23. The molecule has 0 radical (unpaired) electrons. The van der Waals surface area contributed by atoms with Gasteiger partial charge in [0, 0.05) is 27.3 Å². The summed E-state index contributed by atoms with van der Waals surface area (Å²) in [5.41, 5.74) is 2.34. The molecule has 0 fully saturated rings. The van der Waals surface area contributed by atoms with Crippen molar-refractivity contribution in [3.05, 3.63) is 70.2 Å². The first-order valence-corrected chi connectivity index (χ1v) is 10.1. The van der Waals surface area contributed by atoms with Gasteiger partial charge >= 0.3 is 0 Å². The van der Waals surface area contributed by atoms with Crippen molar-refractivity contribution in [3.63, 3.8) is 0 Å². The molecule has 2 aromatic carbocycles. The minimum Gasteiger partial charge on any atom is -0.479 e. The Kier molecular flexibility index (Phi) is 6.47. The number of carbonyl (C=O) groups excluding carboxylic acids is 1. The van der Waals surface area contributed by atoms with Crippen LogP contribution in [0.25, 0.3) is 0 Å². The third-order valence-corrected chi connectivity index (χ3v) is 5.45. The number of carbonyl (C=O) groups is 1. The molecular formula is C20H17N3O2S2. The van der Waals surface area contributed by atoms with Crippen LogP contribution in [0.1, 0.15) is 21.1 Å². The number of hydrogen-bond acceptors (Lipinski definition) is 6. The highest BCUT2D eigenvalue weighted by atomic mass is 32.2. The van der Waals surface area contributed by atoms with Crippen LogP contribution >= 0.6 is 23.1 Å². The van der Waals surface area contributed by atoms with Crippen LogP contribution in [0, 0.1) is 18.3 Å². The first-order valence-electron chi connectivity index (χ1n) is 8.19. The van der Waals surface area contributed by atoms with Crippen LogP contribution in [0.2, 0.25) is 0 Å². The molecule has 0 unspecified atom stereocenters. The van der Waals surface area contributed by atoms with Crippen molar-refractivity contribution in [2.45, 2.75) is 17.6 Å². The minimum atomic E-state index is -0.174. The molecular weight excluding hydrogens is 378 g/mol. The number of benzene rings is 2. The van der Waals surface area contributed by atoms with Gasteiger partial charge in [-0.2, -0.15) is 5.26 Å². The zero-order valence-electron chi connectivity index (χ0n) is 14.6. The molecule has 3 rings (SSSR count). The first-order chi connectivity index (χ1) is 13.1. The molecule has 1 aromatic heterocycles. The third-order valence-electron chi connectivity index (χ3n) is 3.59. The van der Waals surface area contributed by atoms with Gasteiger partial charge in [0.2, 0.25) is 0 Å². The lowest BCUT2D eigenvalue weighted by molar-refractivity contribution is 0.102. The van der Waals surface area contributed by atoms with Crippen LogP contribution in [0.3, 0.4) is 0 Å². The Labute approximate surface area is 166 Å². The van der Waals surface area contributed by atoms with Crippen LogP contribution in [0.4, 0.5) is 5.69 Å². The van der Waals surface area contributed by atoms with Crippen molar-refractivity contribution in [1.29, 1.82) is 5.26 Å². The van der Waals surface area contributed by atoms with Crippen molar-refractivity contribution in [3.8, 4) is 11.8 Å². The largest absolute Gasteiger partial charge is 0.479 e. The fourth-order valence-corrected chi connectivity index (χ4v) is 3.80. The molecule has 0 bridgehead atoms. The number of ether oxygens (including phenoxy) is 1. The van der Waals surface area contributed by atoms with Crippen LogP contribution in [0.15, 0.2) is 58.8 Å². The fraction of sp³-hybridized carbons (Fsp3) is 0.150. The molecule has 0 aliphatic carbocycles. The topological polar surface area (TPSA) is 75.0 Å². The van der Waals surface area contributed by atoms with Crippen molar-refractivity contribution in [2.24, 2.45) is 0 Å². The zero-order chi connectivity index (χ0) is 19.1. The summed E-state index contributed by atoms with van der Waals surface area (Å²) in [6, 6.07) is 16.3. The van der Waals surface area contributed by atoms with Gasteiger partial charge in [-0.05, 0) is 55.5 Å². The Balaban J connectivity index is 1.54. The van der Waals surface area contributed by atoms with E-state index in [4.69, 9.17) is 10.00 Å². The molecule has 3 aromatic rings. The quantitative estimate of drug-likeness (QED) is 0.576. The van der Waals surface area contributed by atoms with E-state index in [0.717, 1.165) is 21.3 Å². The summed E-state index contributed by atoms with van der Waals surface area (Å²) in [6.45, 7) is 2.00. The van der Waals surface area contributed by atoms with E-state index in [1.807, 2.05) is 37.3 Å². The summed E-state index contributed by atoms with van der Waals surface area (Å²) >= 11 is 3.35. The van der Waals surface area contributed by atoms with E-state index in [0.29, 0.717) is 17.0 Å². The molecule has 1 N–H and O–H groups in total. The summed E-state index contributed by atoms with van der Waals surface area (Å²) in [5, 5.41) is 14.5. The number of nitriles is 1. The molecule has 0 atom stereocenters. The zero-order valence-corrected chi connectivity index (χ0v) is 16.3. The maximum atomic E-state index is 12.4. The fourth-order valence-electron chi connectivity index (χ4n) is 2.29. The Morgan fingerprint density at radius 2 is 1.96 bits per heavy atom. The van der Waals surface area contributed by atoms with Gasteiger partial charge in [-0.25, -0.2) is 4.98 Å². The lowest BCUT2D eigenvalue weighted by Gasteiger charge is -2.07. The standard InChI is InChI=1S/C20H17N3O2S2/c1-14-22-17(12-26-14)13-27-19-8-2-15(3-9-19)20(24)23-16-4-6-18(7-5-16)25-11-10-21/h2-9,12H,11,13H2,1H3,(H,23,24). The van der Waals surface area contributed by atoms with E-state index in [1.54, 1.807) is 47.4 Å². The van der Waals surface area contributed by atoms with Gasteiger partial charge < -0.3 is 10.1 Å². The number of amides is 1. The molecule has 1 amide bonds. The molecule has 7 heteroatoms.